The van der Waals surface area contributed by atoms with Crippen molar-refractivity contribution in [2.24, 2.45) is 5.84 Å². The van der Waals surface area contributed by atoms with Crippen LogP contribution >= 0.6 is 11.3 Å². The Hall–Kier alpha value is -1.75. The molecule has 3 rings (SSSR count). The summed E-state index contributed by atoms with van der Waals surface area (Å²) in [5.74, 6) is 5.78. The Bertz CT molecular complexity index is 700. The lowest BCUT2D eigenvalue weighted by Crippen LogP contribution is -2.28. The van der Waals surface area contributed by atoms with Gasteiger partial charge < -0.3 is 0 Å². The second-order valence-corrected chi connectivity index (χ2v) is 5.36. The Morgan fingerprint density at radius 2 is 1.95 bits per heavy atom. The fourth-order valence-electron chi connectivity index (χ4n) is 2.40. The molecular weight excluding hydrogens is 254 g/mol. The molecular formula is C15H15N3S. The van der Waals surface area contributed by atoms with E-state index in [0.29, 0.717) is 0 Å². The summed E-state index contributed by atoms with van der Waals surface area (Å²) in [4.78, 5) is 5.48. The van der Waals surface area contributed by atoms with E-state index in [-0.39, 0.29) is 6.04 Å². The van der Waals surface area contributed by atoms with Gasteiger partial charge in [-0.2, -0.15) is 0 Å². The van der Waals surface area contributed by atoms with Gasteiger partial charge in [0.25, 0.3) is 0 Å². The van der Waals surface area contributed by atoms with Gasteiger partial charge in [-0.1, -0.05) is 42.5 Å². The minimum atomic E-state index is -0.0152. The largest absolute Gasteiger partial charge is 0.271 e. The Labute approximate surface area is 116 Å². The van der Waals surface area contributed by atoms with Crippen LogP contribution in [0.2, 0.25) is 0 Å². The van der Waals surface area contributed by atoms with Crippen molar-refractivity contribution < 1.29 is 0 Å². The first-order valence-electron chi connectivity index (χ1n) is 6.15. The van der Waals surface area contributed by atoms with Crippen LogP contribution in [0.15, 0.2) is 48.0 Å². The van der Waals surface area contributed by atoms with Crippen LogP contribution in [0.3, 0.4) is 0 Å². The quantitative estimate of drug-likeness (QED) is 0.567. The molecule has 0 saturated carbocycles. The van der Waals surface area contributed by atoms with E-state index in [4.69, 9.17) is 5.84 Å². The van der Waals surface area contributed by atoms with Crippen molar-refractivity contribution in [3.8, 4) is 0 Å². The van der Waals surface area contributed by atoms with Crippen LogP contribution in [-0.2, 0) is 0 Å². The highest BCUT2D eigenvalue weighted by atomic mass is 32.1. The van der Waals surface area contributed by atoms with Crippen molar-refractivity contribution in [2.45, 2.75) is 13.0 Å². The van der Waals surface area contributed by atoms with E-state index < -0.39 is 0 Å². The van der Waals surface area contributed by atoms with Crippen molar-refractivity contribution in [3.05, 3.63) is 64.1 Å². The summed E-state index contributed by atoms with van der Waals surface area (Å²) in [7, 11) is 0. The molecule has 4 heteroatoms. The number of hydrogen-bond acceptors (Lipinski definition) is 4. The highest BCUT2D eigenvalue weighted by Crippen LogP contribution is 2.31. The molecule has 19 heavy (non-hydrogen) atoms. The van der Waals surface area contributed by atoms with Gasteiger partial charge in [-0.15, -0.1) is 11.3 Å². The topological polar surface area (TPSA) is 50.9 Å². The second-order valence-electron chi connectivity index (χ2n) is 4.47. The molecule has 96 valence electrons. The van der Waals surface area contributed by atoms with Crippen LogP contribution in [0, 0.1) is 6.92 Å². The molecule has 3 N–H and O–H groups in total. The maximum Gasteiger partial charge on any atom is 0.0827 e. The molecule has 0 radical (unpaired) electrons. The number of aromatic nitrogens is 1. The number of thiazole rings is 1. The molecule has 3 nitrogen and oxygen atoms in total. The first kappa shape index (κ1) is 12.3. The van der Waals surface area contributed by atoms with E-state index in [1.807, 2.05) is 12.4 Å². The van der Waals surface area contributed by atoms with Crippen molar-refractivity contribution >= 4 is 22.1 Å². The predicted octanol–water partition coefficient (Wildman–Crippen LogP) is 3.16. The van der Waals surface area contributed by atoms with Crippen LogP contribution in [0.5, 0.6) is 0 Å². The van der Waals surface area contributed by atoms with Crippen LogP contribution in [-0.4, -0.2) is 4.98 Å². The van der Waals surface area contributed by atoms with Gasteiger partial charge in [0.2, 0.25) is 0 Å². The van der Waals surface area contributed by atoms with Gasteiger partial charge in [-0.05, 0) is 23.3 Å². The third-order valence-corrected chi connectivity index (χ3v) is 4.34. The predicted molar refractivity (Wildman–Crippen MR) is 80.0 cm³/mol. The first-order valence-corrected chi connectivity index (χ1v) is 7.03. The average molecular weight is 269 g/mol. The van der Waals surface area contributed by atoms with E-state index in [2.05, 4.69) is 52.9 Å². The van der Waals surface area contributed by atoms with E-state index in [0.717, 1.165) is 5.69 Å². The van der Waals surface area contributed by atoms with Gasteiger partial charge in [0.1, 0.15) is 0 Å². The van der Waals surface area contributed by atoms with Gasteiger partial charge in [0.05, 0.1) is 22.1 Å². The second kappa shape index (κ2) is 5.09. The molecule has 0 saturated heterocycles. The zero-order valence-corrected chi connectivity index (χ0v) is 11.4. The number of aryl methyl sites for hydroxylation is 1. The zero-order chi connectivity index (χ0) is 13.2. The Kier molecular flexibility index (Phi) is 3.29. The minimum absolute atomic E-state index is 0.0152. The fourth-order valence-corrected chi connectivity index (χ4v) is 3.28. The summed E-state index contributed by atoms with van der Waals surface area (Å²) in [6, 6.07) is 14.6. The molecule has 3 aromatic rings. The molecule has 0 fully saturated rings. The van der Waals surface area contributed by atoms with Gasteiger partial charge in [-0.25, -0.2) is 10.4 Å². The molecule has 0 aliphatic carbocycles. The summed E-state index contributed by atoms with van der Waals surface area (Å²) < 4.78 is 0. The highest BCUT2D eigenvalue weighted by Gasteiger charge is 2.18. The number of hydrazine groups is 1. The van der Waals surface area contributed by atoms with Crippen molar-refractivity contribution in [3.63, 3.8) is 0 Å². The van der Waals surface area contributed by atoms with Crippen molar-refractivity contribution in [1.29, 1.82) is 0 Å². The van der Waals surface area contributed by atoms with Gasteiger partial charge in [-0.3, -0.25) is 5.84 Å². The third-order valence-electron chi connectivity index (χ3n) is 3.35. The van der Waals surface area contributed by atoms with Crippen LogP contribution < -0.4 is 11.3 Å². The molecule has 2 aromatic carbocycles. The van der Waals surface area contributed by atoms with Crippen molar-refractivity contribution in [2.75, 3.05) is 0 Å². The molecule has 1 aromatic heterocycles. The summed E-state index contributed by atoms with van der Waals surface area (Å²) >= 11 is 1.63. The number of fused-ring (bicyclic) bond motifs is 1. The van der Waals surface area contributed by atoms with E-state index >= 15 is 0 Å². The fraction of sp³-hybridized carbons (Fsp3) is 0.133. The highest BCUT2D eigenvalue weighted by molar-refractivity contribution is 7.09. The molecule has 1 atom stereocenters. The summed E-state index contributed by atoms with van der Waals surface area (Å²) in [6.07, 6.45) is 0. The van der Waals surface area contributed by atoms with Crippen molar-refractivity contribution in [1.82, 2.24) is 10.4 Å². The molecule has 0 amide bonds. The number of nitrogens with one attached hydrogen (secondary N) is 1. The summed E-state index contributed by atoms with van der Waals surface area (Å²) in [5.41, 5.74) is 7.00. The Morgan fingerprint density at radius 1 is 1.16 bits per heavy atom. The standard InChI is InChI=1S/C15H15N3S/c1-10-15(19-9-17-10)14(18-16)13-8-4-6-11-5-2-3-7-12(11)13/h2-9,14,18H,16H2,1H3. The number of nitrogens with zero attached hydrogens (tertiary/aromatic N) is 1. The average Bonchev–Trinajstić information content (AvgIpc) is 2.86. The maximum absolute atomic E-state index is 5.78. The van der Waals surface area contributed by atoms with E-state index in [9.17, 15) is 0 Å². The lowest BCUT2D eigenvalue weighted by atomic mass is 9.97. The summed E-state index contributed by atoms with van der Waals surface area (Å²) in [5, 5.41) is 2.45. The first-order chi connectivity index (χ1) is 9.31. The zero-order valence-electron chi connectivity index (χ0n) is 10.6. The summed E-state index contributed by atoms with van der Waals surface area (Å²) in [6.45, 7) is 2.02. The van der Waals surface area contributed by atoms with E-state index in [1.165, 1.54) is 21.2 Å². The van der Waals surface area contributed by atoms with Gasteiger partial charge in [0, 0.05) is 0 Å². The molecule has 0 aliphatic heterocycles. The van der Waals surface area contributed by atoms with Crippen LogP contribution in [0.25, 0.3) is 10.8 Å². The molecule has 1 heterocycles. The number of rotatable bonds is 3. The Balaban J connectivity index is 2.20. The monoisotopic (exact) mass is 269 g/mol. The van der Waals surface area contributed by atoms with Crippen LogP contribution in [0.4, 0.5) is 0 Å². The molecule has 0 spiro atoms. The smallest absolute Gasteiger partial charge is 0.0827 e. The lowest BCUT2D eigenvalue weighted by molar-refractivity contribution is 0.646. The number of nitrogens with two attached hydrogens (primary N) is 1. The van der Waals surface area contributed by atoms with E-state index in [1.54, 1.807) is 11.3 Å². The maximum atomic E-state index is 5.78. The normalized spacial score (nSPS) is 12.7. The van der Waals surface area contributed by atoms with Gasteiger partial charge >= 0.3 is 0 Å². The molecule has 0 aliphatic rings. The number of hydrogen-bond donors (Lipinski definition) is 2. The van der Waals surface area contributed by atoms with Gasteiger partial charge in [0.15, 0.2) is 0 Å². The molecule has 1 unspecified atom stereocenters. The minimum Gasteiger partial charge on any atom is -0.271 e. The Morgan fingerprint density at radius 3 is 2.68 bits per heavy atom. The lowest BCUT2D eigenvalue weighted by Gasteiger charge is -2.17. The van der Waals surface area contributed by atoms with Crippen LogP contribution in [0.1, 0.15) is 22.2 Å². The third kappa shape index (κ3) is 2.14. The number of benzene rings is 2. The SMILES string of the molecule is Cc1ncsc1C(NN)c1cccc2ccccc12. The molecule has 0 bridgehead atoms.